The van der Waals surface area contributed by atoms with E-state index in [9.17, 15) is 18.3 Å². The predicted octanol–water partition coefficient (Wildman–Crippen LogP) is 4.42. The fraction of sp³-hybridized carbons (Fsp3) is 0.381. The van der Waals surface area contributed by atoms with Gasteiger partial charge in [-0.05, 0) is 43.2 Å². The number of aliphatic imine (C=N–C) groups is 1. The monoisotopic (exact) mass is 410 g/mol. The van der Waals surface area contributed by atoms with Gasteiger partial charge in [0.05, 0.1) is 26.2 Å². The summed E-state index contributed by atoms with van der Waals surface area (Å²) < 4.78 is 52.6. The minimum absolute atomic E-state index is 0.113. The average Bonchev–Trinajstić information content (AvgIpc) is 2.70. The second kappa shape index (κ2) is 8.73. The van der Waals surface area contributed by atoms with Crippen LogP contribution in [0.4, 0.5) is 18.9 Å². The Labute approximate surface area is 168 Å². The Morgan fingerprint density at radius 3 is 2.21 bits per heavy atom. The van der Waals surface area contributed by atoms with Gasteiger partial charge < -0.3 is 19.5 Å². The standard InChI is InChI=1S/C21H25F3N2O3/c1-6-26(3)13-25-18-12-19(29-5)17(11-14(18)2)20(27,21(22,23)24)15-7-9-16(28-4)10-8-15/h7-13,27H,6H2,1-5H3. The van der Waals surface area contributed by atoms with Crippen molar-refractivity contribution in [1.29, 1.82) is 0 Å². The van der Waals surface area contributed by atoms with E-state index in [0.29, 0.717) is 17.0 Å². The van der Waals surface area contributed by atoms with Gasteiger partial charge in [-0.15, -0.1) is 0 Å². The number of methoxy groups -OCH3 is 2. The fourth-order valence-corrected chi connectivity index (χ4v) is 2.81. The van der Waals surface area contributed by atoms with E-state index in [1.54, 1.807) is 13.3 Å². The summed E-state index contributed by atoms with van der Waals surface area (Å²) >= 11 is 0. The van der Waals surface area contributed by atoms with Crippen molar-refractivity contribution in [1.82, 2.24) is 4.90 Å². The van der Waals surface area contributed by atoms with Crippen LogP contribution in [0.2, 0.25) is 0 Å². The van der Waals surface area contributed by atoms with Gasteiger partial charge in [0, 0.05) is 25.2 Å². The van der Waals surface area contributed by atoms with Gasteiger partial charge >= 0.3 is 6.18 Å². The lowest BCUT2D eigenvalue weighted by Crippen LogP contribution is -2.43. The zero-order valence-electron chi connectivity index (χ0n) is 17.0. The molecular formula is C21H25F3N2O3. The van der Waals surface area contributed by atoms with Crippen molar-refractivity contribution in [3.8, 4) is 11.5 Å². The van der Waals surface area contributed by atoms with Crippen LogP contribution >= 0.6 is 0 Å². The summed E-state index contributed by atoms with van der Waals surface area (Å²) in [7, 11) is 4.49. The fourth-order valence-electron chi connectivity index (χ4n) is 2.81. The Balaban J connectivity index is 2.67. The highest BCUT2D eigenvalue weighted by Gasteiger charge is 2.57. The molecule has 0 aromatic heterocycles. The number of aryl methyl sites for hydroxylation is 1. The first kappa shape index (κ1) is 22.5. The lowest BCUT2D eigenvalue weighted by Gasteiger charge is -2.33. The lowest BCUT2D eigenvalue weighted by molar-refractivity contribution is -0.248. The van der Waals surface area contributed by atoms with Gasteiger partial charge in [0.1, 0.15) is 11.5 Å². The summed E-state index contributed by atoms with van der Waals surface area (Å²) in [6.45, 7) is 4.30. The van der Waals surface area contributed by atoms with Crippen LogP contribution in [0.5, 0.6) is 11.5 Å². The molecule has 2 aromatic carbocycles. The first-order chi connectivity index (χ1) is 13.6. The van der Waals surface area contributed by atoms with Gasteiger partial charge in [0.2, 0.25) is 5.60 Å². The molecule has 1 unspecified atom stereocenters. The van der Waals surface area contributed by atoms with E-state index in [0.717, 1.165) is 6.54 Å². The number of hydrogen-bond acceptors (Lipinski definition) is 4. The van der Waals surface area contributed by atoms with E-state index in [1.807, 2.05) is 18.9 Å². The summed E-state index contributed by atoms with van der Waals surface area (Å²) in [6, 6.07) is 7.75. The quantitative estimate of drug-likeness (QED) is 0.542. The van der Waals surface area contributed by atoms with Gasteiger partial charge in [-0.2, -0.15) is 13.2 Å². The number of benzene rings is 2. The minimum atomic E-state index is -4.99. The van der Waals surface area contributed by atoms with Gasteiger partial charge in [0.15, 0.2) is 0 Å². The molecule has 0 bridgehead atoms. The van der Waals surface area contributed by atoms with Crippen molar-refractivity contribution < 1.29 is 27.8 Å². The third-order valence-corrected chi connectivity index (χ3v) is 4.72. The lowest BCUT2D eigenvalue weighted by atomic mass is 9.84. The molecule has 5 nitrogen and oxygen atoms in total. The van der Waals surface area contributed by atoms with Crippen molar-refractivity contribution in [2.75, 3.05) is 27.8 Å². The van der Waals surface area contributed by atoms with Crippen LogP contribution in [0.25, 0.3) is 0 Å². The number of hydrogen-bond donors (Lipinski definition) is 1. The second-order valence-electron chi connectivity index (χ2n) is 6.59. The Kier molecular flexibility index (Phi) is 6.79. The van der Waals surface area contributed by atoms with E-state index in [2.05, 4.69) is 4.99 Å². The topological polar surface area (TPSA) is 54.3 Å². The van der Waals surface area contributed by atoms with Crippen LogP contribution < -0.4 is 9.47 Å². The normalized spacial score (nSPS) is 14.0. The van der Waals surface area contributed by atoms with E-state index in [-0.39, 0.29) is 11.3 Å². The molecule has 29 heavy (non-hydrogen) atoms. The molecular weight excluding hydrogens is 385 g/mol. The number of halogens is 3. The summed E-state index contributed by atoms with van der Waals surface area (Å²) in [5.41, 5.74) is -3.09. The molecule has 0 aliphatic carbocycles. The maximum atomic E-state index is 14.1. The highest BCUT2D eigenvalue weighted by atomic mass is 19.4. The van der Waals surface area contributed by atoms with Gasteiger partial charge in [-0.1, -0.05) is 12.1 Å². The molecule has 0 aliphatic heterocycles. The molecule has 158 valence electrons. The number of ether oxygens (including phenoxy) is 2. The number of alkyl halides is 3. The zero-order chi connectivity index (χ0) is 21.8. The summed E-state index contributed by atoms with van der Waals surface area (Å²) in [5.74, 6) is 0.267. The molecule has 2 rings (SSSR count). The maximum absolute atomic E-state index is 14.1. The third-order valence-electron chi connectivity index (χ3n) is 4.72. The van der Waals surface area contributed by atoms with Crippen molar-refractivity contribution in [3.63, 3.8) is 0 Å². The SMILES string of the molecule is CCN(C)C=Nc1cc(OC)c(C(O)(c2ccc(OC)cc2)C(F)(F)F)cc1C. The number of rotatable bonds is 7. The summed E-state index contributed by atoms with van der Waals surface area (Å²) in [5, 5.41) is 10.9. The molecule has 0 saturated heterocycles. The summed E-state index contributed by atoms with van der Waals surface area (Å²) in [6.07, 6.45) is -3.41. The number of aliphatic hydroxyl groups is 1. The minimum Gasteiger partial charge on any atom is -0.497 e. The number of nitrogens with zero attached hydrogens (tertiary/aromatic N) is 2. The van der Waals surface area contributed by atoms with Gasteiger partial charge in [0.25, 0.3) is 0 Å². The Hall–Kier alpha value is -2.74. The highest BCUT2D eigenvalue weighted by molar-refractivity contribution is 5.66. The molecule has 2 aromatic rings. The first-order valence-corrected chi connectivity index (χ1v) is 8.95. The molecule has 1 atom stereocenters. The molecule has 0 aliphatic rings. The van der Waals surface area contributed by atoms with Crippen molar-refractivity contribution in [2.24, 2.45) is 4.99 Å². The van der Waals surface area contributed by atoms with Crippen LogP contribution in [-0.2, 0) is 5.60 Å². The molecule has 0 fully saturated rings. The molecule has 0 amide bonds. The molecule has 8 heteroatoms. The predicted molar refractivity (Wildman–Crippen MR) is 106 cm³/mol. The van der Waals surface area contributed by atoms with E-state index >= 15 is 0 Å². The van der Waals surface area contributed by atoms with Crippen LogP contribution in [0.1, 0.15) is 23.6 Å². The summed E-state index contributed by atoms with van der Waals surface area (Å²) in [4.78, 5) is 6.13. The van der Waals surface area contributed by atoms with Crippen LogP contribution in [0.3, 0.4) is 0 Å². The van der Waals surface area contributed by atoms with Gasteiger partial charge in [-0.25, -0.2) is 4.99 Å². The molecule has 0 spiro atoms. The Bertz CT molecular complexity index is 867. The van der Waals surface area contributed by atoms with Crippen molar-refractivity contribution in [3.05, 3.63) is 53.1 Å². The van der Waals surface area contributed by atoms with Crippen LogP contribution in [0.15, 0.2) is 41.4 Å². The maximum Gasteiger partial charge on any atom is 0.425 e. The van der Waals surface area contributed by atoms with E-state index in [1.165, 1.54) is 50.6 Å². The Morgan fingerprint density at radius 1 is 1.10 bits per heavy atom. The third kappa shape index (κ3) is 4.48. The highest BCUT2D eigenvalue weighted by Crippen LogP contribution is 2.48. The Morgan fingerprint density at radius 2 is 1.72 bits per heavy atom. The largest absolute Gasteiger partial charge is 0.497 e. The van der Waals surface area contributed by atoms with Gasteiger partial charge in [-0.3, -0.25) is 0 Å². The van der Waals surface area contributed by atoms with Crippen LogP contribution in [0, 0.1) is 6.92 Å². The van der Waals surface area contributed by atoms with Crippen LogP contribution in [-0.4, -0.2) is 50.3 Å². The molecule has 1 N–H and O–H groups in total. The smallest absolute Gasteiger partial charge is 0.425 e. The molecule has 0 heterocycles. The van der Waals surface area contributed by atoms with Crippen molar-refractivity contribution in [2.45, 2.75) is 25.6 Å². The first-order valence-electron chi connectivity index (χ1n) is 8.95. The van der Waals surface area contributed by atoms with Crippen molar-refractivity contribution >= 4 is 12.0 Å². The second-order valence-corrected chi connectivity index (χ2v) is 6.59. The van der Waals surface area contributed by atoms with E-state index in [4.69, 9.17) is 9.47 Å². The molecule has 0 radical (unpaired) electrons. The molecule has 0 saturated carbocycles. The average molecular weight is 410 g/mol. The van der Waals surface area contributed by atoms with E-state index < -0.39 is 17.3 Å². The zero-order valence-corrected chi connectivity index (χ0v) is 17.0.